The Morgan fingerprint density at radius 3 is 3.05 bits per heavy atom. The number of ether oxygens (including phenoxy) is 2. The fourth-order valence-corrected chi connectivity index (χ4v) is 5.65. The molecule has 5 rings (SSSR count). The molecule has 1 aromatic rings. The predicted molar refractivity (Wildman–Crippen MR) is 84.5 cm³/mol. The predicted octanol–water partition coefficient (Wildman–Crippen LogP) is 3.81. The van der Waals surface area contributed by atoms with Crippen molar-refractivity contribution in [1.82, 2.24) is 0 Å². The van der Waals surface area contributed by atoms with Crippen LogP contribution in [0, 0.1) is 23.7 Å². The van der Waals surface area contributed by atoms with Gasteiger partial charge in [0.05, 0.1) is 12.2 Å². The maximum atomic E-state index is 12.1. The third-order valence-electron chi connectivity index (χ3n) is 6.01. The summed E-state index contributed by atoms with van der Waals surface area (Å²) in [6, 6.07) is 7.57. The topological polar surface area (TPSA) is 50.9 Å². The van der Waals surface area contributed by atoms with Gasteiger partial charge in [0.1, 0.15) is 6.10 Å². The molecule has 1 heterocycles. The van der Waals surface area contributed by atoms with Crippen LogP contribution in [0.1, 0.15) is 19.3 Å². The van der Waals surface area contributed by atoms with Gasteiger partial charge in [-0.1, -0.05) is 22.0 Å². The van der Waals surface area contributed by atoms with Gasteiger partial charge in [-0.15, -0.1) is 0 Å². The normalized spacial score (nSPS) is 43.6. The highest BCUT2D eigenvalue weighted by Crippen LogP contribution is 2.64. The zero-order chi connectivity index (χ0) is 14.8. The molecule has 1 saturated heterocycles. The van der Waals surface area contributed by atoms with Crippen LogP contribution in [0.5, 0.6) is 0 Å². The van der Waals surface area contributed by atoms with Crippen LogP contribution in [0.3, 0.4) is 0 Å². The third kappa shape index (κ3) is 2.02. The van der Waals surface area contributed by atoms with Crippen molar-refractivity contribution in [2.24, 2.45) is 23.7 Å². The summed E-state index contributed by atoms with van der Waals surface area (Å²) in [5.41, 5.74) is 0.760. The highest BCUT2D eigenvalue weighted by Gasteiger charge is 2.67. The molecule has 4 nitrogen and oxygen atoms in total. The number of epoxide rings is 1. The standard InChI is InChI=1S/C17H18BrNO3/c18-9-2-1-3-10(6-9)19-17(20)22-13-5-8-4-11(13)12-7-14-16(21-14)15(8)12/h1-3,6,8,11-16H,4-5,7H2,(H,19,20)/t8-,11+,12+,13-,14+,15-,16-/m1/s1. The average Bonchev–Trinajstić information content (AvgIpc) is 2.82. The summed E-state index contributed by atoms with van der Waals surface area (Å²) < 4.78 is 12.4. The quantitative estimate of drug-likeness (QED) is 0.812. The van der Waals surface area contributed by atoms with Crippen molar-refractivity contribution < 1.29 is 14.3 Å². The van der Waals surface area contributed by atoms with Gasteiger partial charge in [-0.25, -0.2) is 4.79 Å². The van der Waals surface area contributed by atoms with Crippen LogP contribution in [-0.4, -0.2) is 24.4 Å². The van der Waals surface area contributed by atoms with Crippen molar-refractivity contribution in [1.29, 1.82) is 0 Å². The van der Waals surface area contributed by atoms with Crippen molar-refractivity contribution in [3.63, 3.8) is 0 Å². The van der Waals surface area contributed by atoms with Gasteiger partial charge in [-0.2, -0.15) is 0 Å². The zero-order valence-electron chi connectivity index (χ0n) is 12.1. The second-order valence-electron chi connectivity index (χ2n) is 7.09. The van der Waals surface area contributed by atoms with E-state index in [2.05, 4.69) is 21.2 Å². The molecule has 1 amide bonds. The number of amides is 1. The minimum absolute atomic E-state index is 0.0934. The molecule has 4 aliphatic rings. The van der Waals surface area contributed by atoms with Gasteiger partial charge in [-0.3, -0.25) is 5.32 Å². The van der Waals surface area contributed by atoms with Gasteiger partial charge >= 0.3 is 6.09 Å². The third-order valence-corrected chi connectivity index (χ3v) is 6.50. The second kappa shape index (κ2) is 4.71. The fraction of sp³-hybridized carbons (Fsp3) is 0.588. The lowest BCUT2D eigenvalue weighted by Gasteiger charge is -2.32. The Kier molecular flexibility index (Phi) is 2.87. The largest absolute Gasteiger partial charge is 0.446 e. The van der Waals surface area contributed by atoms with Crippen molar-refractivity contribution in [3.8, 4) is 0 Å². The number of nitrogens with one attached hydrogen (secondary N) is 1. The minimum Gasteiger partial charge on any atom is -0.446 e. The molecule has 0 spiro atoms. The van der Waals surface area contributed by atoms with Crippen molar-refractivity contribution in [3.05, 3.63) is 28.7 Å². The van der Waals surface area contributed by atoms with E-state index in [0.717, 1.165) is 28.4 Å². The number of carbonyl (C=O) groups excluding carboxylic acids is 1. The molecule has 0 radical (unpaired) electrons. The van der Waals surface area contributed by atoms with Crippen LogP contribution in [0.25, 0.3) is 0 Å². The van der Waals surface area contributed by atoms with Gasteiger partial charge < -0.3 is 9.47 Å². The summed E-state index contributed by atoms with van der Waals surface area (Å²) in [5, 5.41) is 2.83. The first-order valence-electron chi connectivity index (χ1n) is 8.08. The van der Waals surface area contributed by atoms with Gasteiger partial charge in [0.2, 0.25) is 0 Å². The minimum atomic E-state index is -0.327. The number of hydrogen-bond donors (Lipinski definition) is 1. The molecule has 1 aromatic carbocycles. The van der Waals surface area contributed by atoms with Crippen LogP contribution in [0.2, 0.25) is 0 Å². The molecule has 5 heteroatoms. The Morgan fingerprint density at radius 1 is 1.27 bits per heavy atom. The lowest BCUT2D eigenvalue weighted by molar-refractivity contribution is 0.0251. The molecular weight excluding hydrogens is 346 g/mol. The van der Waals surface area contributed by atoms with Crippen LogP contribution >= 0.6 is 15.9 Å². The van der Waals surface area contributed by atoms with Crippen LogP contribution in [0.4, 0.5) is 10.5 Å². The lowest BCUT2D eigenvalue weighted by Crippen LogP contribution is -2.35. The van der Waals surface area contributed by atoms with E-state index < -0.39 is 0 Å². The molecule has 0 aromatic heterocycles. The zero-order valence-corrected chi connectivity index (χ0v) is 13.7. The van der Waals surface area contributed by atoms with Crippen LogP contribution in [-0.2, 0) is 9.47 Å². The molecule has 7 atom stereocenters. The number of anilines is 1. The van der Waals surface area contributed by atoms with Crippen LogP contribution < -0.4 is 5.32 Å². The molecular formula is C17H18BrNO3. The molecule has 0 unspecified atom stereocenters. The SMILES string of the molecule is O=C(Nc1cccc(Br)c1)O[C@@H]1C[C@H]2C[C@H]1[C@@H]1C[C@@H]3O[C@H]3[C@H]21. The van der Waals surface area contributed by atoms with Gasteiger partial charge in [0.15, 0.2) is 0 Å². The number of benzene rings is 1. The number of halogens is 1. The van der Waals surface area contributed by atoms with Crippen molar-refractivity contribution >= 4 is 27.7 Å². The summed E-state index contributed by atoms with van der Waals surface area (Å²) in [6.45, 7) is 0. The lowest BCUT2D eigenvalue weighted by atomic mass is 9.79. The Hall–Kier alpha value is -1.07. The molecule has 22 heavy (non-hydrogen) atoms. The highest BCUT2D eigenvalue weighted by atomic mass is 79.9. The second-order valence-corrected chi connectivity index (χ2v) is 8.01. The van der Waals surface area contributed by atoms with E-state index in [1.165, 1.54) is 12.8 Å². The summed E-state index contributed by atoms with van der Waals surface area (Å²) in [6.07, 6.45) is 4.25. The first-order valence-corrected chi connectivity index (χ1v) is 8.87. The summed E-state index contributed by atoms with van der Waals surface area (Å²) >= 11 is 3.40. The molecule has 2 bridgehead atoms. The molecule has 116 valence electrons. The first-order chi connectivity index (χ1) is 10.7. The Morgan fingerprint density at radius 2 is 2.18 bits per heavy atom. The van der Waals surface area contributed by atoms with E-state index in [0.29, 0.717) is 24.0 Å². The summed E-state index contributed by atoms with van der Waals surface area (Å²) in [7, 11) is 0. The highest BCUT2D eigenvalue weighted by molar-refractivity contribution is 9.10. The number of hydrogen-bond acceptors (Lipinski definition) is 3. The van der Waals surface area contributed by atoms with E-state index in [4.69, 9.17) is 9.47 Å². The maximum absolute atomic E-state index is 12.1. The van der Waals surface area contributed by atoms with Gasteiger partial charge in [-0.05, 0) is 61.1 Å². The maximum Gasteiger partial charge on any atom is 0.411 e. The summed E-state index contributed by atoms with van der Waals surface area (Å²) in [4.78, 5) is 12.1. The van der Waals surface area contributed by atoms with E-state index in [-0.39, 0.29) is 12.2 Å². The fourth-order valence-electron chi connectivity index (χ4n) is 5.25. The average molecular weight is 364 g/mol. The van der Waals surface area contributed by atoms with Gasteiger partial charge in [0, 0.05) is 10.2 Å². The smallest absolute Gasteiger partial charge is 0.411 e. The van der Waals surface area contributed by atoms with Crippen molar-refractivity contribution in [2.75, 3.05) is 5.32 Å². The van der Waals surface area contributed by atoms with Crippen LogP contribution in [0.15, 0.2) is 28.7 Å². The van der Waals surface area contributed by atoms with Crippen molar-refractivity contribution in [2.45, 2.75) is 37.6 Å². The first kappa shape index (κ1) is 13.4. The molecule has 1 aliphatic heterocycles. The van der Waals surface area contributed by atoms with E-state index >= 15 is 0 Å². The Balaban J connectivity index is 1.23. The Bertz CT molecular complexity index is 636. The number of carbonyl (C=O) groups is 1. The molecule has 3 aliphatic carbocycles. The van der Waals surface area contributed by atoms with E-state index in [9.17, 15) is 4.79 Å². The summed E-state index contributed by atoms with van der Waals surface area (Å²) in [5.74, 6) is 2.74. The molecule has 4 fully saturated rings. The molecule has 3 saturated carbocycles. The number of rotatable bonds is 2. The molecule has 1 N–H and O–H groups in total. The van der Waals surface area contributed by atoms with E-state index in [1.54, 1.807) is 0 Å². The van der Waals surface area contributed by atoms with E-state index in [1.807, 2.05) is 24.3 Å². The Labute approximate surface area is 137 Å². The number of fused-ring (bicyclic) bond motifs is 7. The monoisotopic (exact) mass is 363 g/mol. The van der Waals surface area contributed by atoms with Gasteiger partial charge in [0.25, 0.3) is 0 Å².